The Hall–Kier alpha value is -0.620. The Balaban J connectivity index is 3.37. The van der Waals surface area contributed by atoms with Gasteiger partial charge in [0.15, 0.2) is 0 Å². The number of hydrogen-bond donors (Lipinski definition) is 2. The second-order valence-corrected chi connectivity index (χ2v) is 3.94. The molecule has 0 aliphatic rings. The Morgan fingerprint density at radius 3 is 2.45 bits per heavy atom. The van der Waals surface area contributed by atoms with Crippen molar-refractivity contribution in [2.24, 2.45) is 5.14 Å². The summed E-state index contributed by atoms with van der Waals surface area (Å²) in [5, 5.41) is 7.17. The fourth-order valence-electron chi connectivity index (χ4n) is 0.538. The van der Waals surface area contributed by atoms with Crippen molar-refractivity contribution in [2.45, 2.75) is 13.3 Å². The van der Waals surface area contributed by atoms with Crippen LogP contribution in [0, 0.1) is 0 Å². The predicted octanol–water partition coefficient (Wildman–Crippen LogP) is -1.20. The fourth-order valence-corrected chi connectivity index (χ4v) is 1.08. The number of nitrogens with one attached hydrogen (secondary N) is 1. The Bertz CT molecular complexity index is 222. The van der Waals surface area contributed by atoms with E-state index in [1.54, 1.807) is 0 Å². The Morgan fingerprint density at radius 2 is 2.09 bits per heavy atom. The van der Waals surface area contributed by atoms with Gasteiger partial charge in [-0.3, -0.25) is 4.79 Å². The van der Waals surface area contributed by atoms with Gasteiger partial charge in [0.2, 0.25) is 15.9 Å². The molecule has 66 valence electrons. The average Bonchev–Trinajstić information content (AvgIpc) is 1.78. The minimum absolute atomic E-state index is 0.0900. The lowest BCUT2D eigenvalue weighted by atomic mass is 10.5. The maximum absolute atomic E-state index is 10.3. The minimum Gasteiger partial charge on any atom is -0.356 e. The number of nitrogens with two attached hydrogens (primary N) is 1. The number of carbonyl (C=O) groups is 1. The third-order valence-corrected chi connectivity index (χ3v) is 1.84. The first-order chi connectivity index (χ1) is 4.92. The van der Waals surface area contributed by atoms with Gasteiger partial charge in [0.1, 0.15) is 0 Å². The molecule has 0 aromatic rings. The second kappa shape index (κ2) is 4.30. The first-order valence-corrected chi connectivity index (χ1v) is 4.88. The number of amides is 1. The zero-order valence-corrected chi connectivity index (χ0v) is 7.15. The minimum atomic E-state index is -3.37. The van der Waals surface area contributed by atoms with Gasteiger partial charge in [-0.1, -0.05) is 0 Å². The van der Waals surface area contributed by atoms with Crippen molar-refractivity contribution in [2.75, 3.05) is 12.3 Å². The molecule has 0 aromatic heterocycles. The molecule has 0 fully saturated rings. The molecule has 0 bridgehead atoms. The van der Waals surface area contributed by atoms with E-state index in [9.17, 15) is 13.2 Å². The van der Waals surface area contributed by atoms with Crippen molar-refractivity contribution in [1.82, 2.24) is 5.32 Å². The lowest BCUT2D eigenvalue weighted by Gasteiger charge is -1.99. The van der Waals surface area contributed by atoms with Gasteiger partial charge in [-0.05, 0) is 6.42 Å². The first kappa shape index (κ1) is 10.4. The molecule has 0 saturated heterocycles. The lowest BCUT2D eigenvalue weighted by Crippen LogP contribution is -2.25. The standard InChI is InChI=1S/C5H12N2O3S/c1-5(8)7-3-2-4-11(6,9)10/h2-4H2,1H3,(H,7,8)(H2,6,9,10). The zero-order chi connectivity index (χ0) is 8.91. The van der Waals surface area contributed by atoms with E-state index >= 15 is 0 Å². The van der Waals surface area contributed by atoms with E-state index in [2.05, 4.69) is 5.32 Å². The topological polar surface area (TPSA) is 89.3 Å². The van der Waals surface area contributed by atoms with E-state index in [1.807, 2.05) is 0 Å². The number of primary sulfonamides is 1. The van der Waals surface area contributed by atoms with Crippen molar-refractivity contribution in [3.63, 3.8) is 0 Å². The summed E-state index contributed by atoms with van der Waals surface area (Å²) in [5.41, 5.74) is 0. The van der Waals surface area contributed by atoms with Crippen LogP contribution in [-0.2, 0) is 14.8 Å². The van der Waals surface area contributed by atoms with Crippen molar-refractivity contribution in [1.29, 1.82) is 0 Å². The van der Waals surface area contributed by atoms with Crippen molar-refractivity contribution < 1.29 is 13.2 Å². The van der Waals surface area contributed by atoms with E-state index in [-0.39, 0.29) is 11.7 Å². The van der Waals surface area contributed by atoms with Crippen LogP contribution in [0.1, 0.15) is 13.3 Å². The third kappa shape index (κ3) is 9.38. The van der Waals surface area contributed by atoms with Crippen molar-refractivity contribution in [3.05, 3.63) is 0 Å². The largest absolute Gasteiger partial charge is 0.356 e. The normalized spacial score (nSPS) is 11.1. The van der Waals surface area contributed by atoms with Gasteiger partial charge in [0, 0.05) is 13.5 Å². The van der Waals surface area contributed by atoms with Gasteiger partial charge in [0.05, 0.1) is 5.75 Å². The van der Waals surface area contributed by atoms with Crippen LogP contribution < -0.4 is 10.5 Å². The molecule has 0 saturated carbocycles. The van der Waals surface area contributed by atoms with Crippen LogP contribution >= 0.6 is 0 Å². The molecule has 0 heterocycles. The van der Waals surface area contributed by atoms with Crippen molar-refractivity contribution in [3.8, 4) is 0 Å². The molecule has 5 nitrogen and oxygen atoms in total. The Morgan fingerprint density at radius 1 is 1.55 bits per heavy atom. The van der Waals surface area contributed by atoms with Gasteiger partial charge < -0.3 is 5.32 Å². The molecular weight excluding hydrogens is 168 g/mol. The molecule has 0 aromatic carbocycles. The molecule has 0 spiro atoms. The lowest BCUT2D eigenvalue weighted by molar-refractivity contribution is -0.118. The third-order valence-electron chi connectivity index (χ3n) is 0.980. The highest BCUT2D eigenvalue weighted by Gasteiger charge is 2.00. The SMILES string of the molecule is CC(=O)NCCCS(N)(=O)=O. The smallest absolute Gasteiger partial charge is 0.216 e. The molecule has 0 atom stereocenters. The highest BCUT2D eigenvalue weighted by atomic mass is 32.2. The van der Waals surface area contributed by atoms with Crippen LogP contribution in [0.2, 0.25) is 0 Å². The predicted molar refractivity (Wildman–Crippen MR) is 41.3 cm³/mol. The summed E-state index contributed by atoms with van der Waals surface area (Å²) in [5.74, 6) is -0.257. The molecule has 11 heavy (non-hydrogen) atoms. The number of sulfonamides is 1. The van der Waals surface area contributed by atoms with Gasteiger partial charge in [-0.15, -0.1) is 0 Å². The van der Waals surface area contributed by atoms with E-state index < -0.39 is 10.0 Å². The summed E-state index contributed by atoms with van der Waals surface area (Å²) in [6.45, 7) is 1.72. The van der Waals surface area contributed by atoms with Gasteiger partial charge in [-0.2, -0.15) is 0 Å². The first-order valence-electron chi connectivity index (χ1n) is 3.17. The second-order valence-electron chi connectivity index (χ2n) is 2.20. The fraction of sp³-hybridized carbons (Fsp3) is 0.800. The van der Waals surface area contributed by atoms with E-state index in [4.69, 9.17) is 5.14 Å². The Kier molecular flexibility index (Phi) is 4.06. The van der Waals surface area contributed by atoms with Crippen LogP contribution in [0.3, 0.4) is 0 Å². The van der Waals surface area contributed by atoms with Gasteiger partial charge in [-0.25, -0.2) is 13.6 Å². The van der Waals surface area contributed by atoms with Gasteiger partial charge >= 0.3 is 0 Å². The number of hydrogen-bond acceptors (Lipinski definition) is 3. The van der Waals surface area contributed by atoms with Crippen LogP contribution in [0.15, 0.2) is 0 Å². The van der Waals surface area contributed by atoms with Gasteiger partial charge in [0.25, 0.3) is 0 Å². The highest BCUT2D eigenvalue weighted by Crippen LogP contribution is 1.82. The maximum atomic E-state index is 10.3. The average molecular weight is 180 g/mol. The Labute approximate surface area is 66.0 Å². The maximum Gasteiger partial charge on any atom is 0.216 e. The summed E-state index contributed by atoms with van der Waals surface area (Å²) in [6.07, 6.45) is 0.360. The van der Waals surface area contributed by atoms with Crippen molar-refractivity contribution >= 4 is 15.9 Å². The molecular formula is C5H12N2O3S. The summed E-state index contributed by atoms with van der Waals surface area (Å²) >= 11 is 0. The highest BCUT2D eigenvalue weighted by molar-refractivity contribution is 7.89. The van der Waals surface area contributed by atoms with Crippen LogP contribution in [0.25, 0.3) is 0 Å². The molecule has 0 rings (SSSR count). The van der Waals surface area contributed by atoms with Crippen LogP contribution in [0.5, 0.6) is 0 Å². The summed E-state index contributed by atoms with van der Waals surface area (Å²) in [6, 6.07) is 0. The van der Waals surface area contributed by atoms with E-state index in [0.717, 1.165) is 0 Å². The molecule has 3 N–H and O–H groups in total. The summed E-state index contributed by atoms with van der Waals surface area (Å²) in [4.78, 5) is 10.3. The number of carbonyl (C=O) groups excluding carboxylic acids is 1. The molecule has 0 unspecified atom stereocenters. The van der Waals surface area contributed by atoms with E-state index in [0.29, 0.717) is 13.0 Å². The summed E-state index contributed by atoms with van der Waals surface area (Å²) < 4.78 is 20.7. The molecule has 1 amide bonds. The monoisotopic (exact) mass is 180 g/mol. The van der Waals surface area contributed by atoms with Crippen LogP contribution in [0.4, 0.5) is 0 Å². The molecule has 6 heteroatoms. The molecule has 0 aliphatic heterocycles. The van der Waals surface area contributed by atoms with Crippen LogP contribution in [-0.4, -0.2) is 26.6 Å². The quantitative estimate of drug-likeness (QED) is 0.532. The zero-order valence-electron chi connectivity index (χ0n) is 6.33. The number of rotatable bonds is 4. The molecule has 0 radical (unpaired) electrons. The molecule has 0 aliphatic carbocycles. The van der Waals surface area contributed by atoms with E-state index in [1.165, 1.54) is 6.92 Å². The summed E-state index contributed by atoms with van der Waals surface area (Å²) in [7, 11) is -3.37.